The van der Waals surface area contributed by atoms with E-state index in [9.17, 15) is 19.2 Å². The van der Waals surface area contributed by atoms with Crippen LogP contribution in [0.5, 0.6) is 23.0 Å². The predicted octanol–water partition coefficient (Wildman–Crippen LogP) is 11.5. The van der Waals surface area contributed by atoms with E-state index < -0.39 is 17.9 Å². The van der Waals surface area contributed by atoms with Crippen LogP contribution in [0.15, 0.2) is 133 Å². The van der Waals surface area contributed by atoms with Crippen LogP contribution in [0, 0.1) is 27.7 Å². The molecule has 0 saturated heterocycles. The molecule has 8 nitrogen and oxygen atoms in total. The quantitative estimate of drug-likeness (QED) is 0.0769. The zero-order valence-electron chi connectivity index (χ0n) is 34.4. The molecule has 0 atom stereocenters. The molecule has 0 aromatic heterocycles. The van der Waals surface area contributed by atoms with Gasteiger partial charge >= 0.3 is 17.9 Å². The van der Waals surface area contributed by atoms with Gasteiger partial charge in [-0.1, -0.05) is 93.1 Å². The molecule has 8 heteroatoms. The van der Waals surface area contributed by atoms with Gasteiger partial charge in [0, 0.05) is 5.56 Å². The first-order valence-electron chi connectivity index (χ1n) is 19.0. The Labute approximate surface area is 341 Å². The lowest BCUT2D eigenvalue weighted by molar-refractivity contribution is 0.0719. The van der Waals surface area contributed by atoms with Crippen molar-refractivity contribution in [3.8, 4) is 23.0 Å². The minimum absolute atomic E-state index is 0.0297. The van der Waals surface area contributed by atoms with Crippen molar-refractivity contribution >= 4 is 23.7 Å². The predicted molar refractivity (Wildman–Crippen MR) is 228 cm³/mol. The molecule has 0 radical (unpaired) electrons. The number of carbonyl (C=O) groups is 4. The van der Waals surface area contributed by atoms with Crippen LogP contribution in [0.1, 0.15) is 102 Å². The van der Waals surface area contributed by atoms with E-state index >= 15 is 0 Å². The molecule has 0 amide bonds. The van der Waals surface area contributed by atoms with Crippen molar-refractivity contribution in [3.63, 3.8) is 0 Å². The second-order valence-corrected chi connectivity index (χ2v) is 13.7. The number of benzene rings is 6. The minimum atomic E-state index is -0.490. The number of methoxy groups -OCH3 is 1. The van der Waals surface area contributed by atoms with Gasteiger partial charge in [-0.3, -0.25) is 4.79 Å². The number of Topliss-reactive ketones (excluding diaryl/α,β-unsaturated/α-hetero) is 1. The van der Waals surface area contributed by atoms with E-state index in [1.54, 1.807) is 104 Å². The summed E-state index contributed by atoms with van der Waals surface area (Å²) in [5, 5.41) is 0. The maximum atomic E-state index is 12.9. The molecule has 0 spiro atoms. The number of rotatable bonds is 10. The lowest BCUT2D eigenvalue weighted by Crippen LogP contribution is -2.12. The number of esters is 3. The highest BCUT2D eigenvalue weighted by atomic mass is 16.5. The Balaban J connectivity index is 0.000000295. The lowest BCUT2D eigenvalue weighted by Gasteiger charge is -2.15. The Morgan fingerprint density at radius 3 is 1.09 bits per heavy atom. The molecule has 58 heavy (non-hydrogen) atoms. The fourth-order valence-electron chi connectivity index (χ4n) is 6.05. The molecule has 0 N–H and O–H groups in total. The first-order chi connectivity index (χ1) is 27.8. The first kappa shape index (κ1) is 43.9. The highest BCUT2D eigenvalue weighted by Crippen LogP contribution is 2.29. The van der Waals surface area contributed by atoms with Gasteiger partial charge in [-0.05, 0) is 135 Å². The fourth-order valence-corrected chi connectivity index (χ4v) is 6.05. The van der Waals surface area contributed by atoms with Crippen molar-refractivity contribution in [2.75, 3.05) is 7.11 Å². The topological polar surface area (TPSA) is 105 Å². The largest absolute Gasteiger partial charge is 0.496 e. The average Bonchev–Trinajstić information content (AvgIpc) is 3.20. The van der Waals surface area contributed by atoms with Crippen LogP contribution in [0.25, 0.3) is 0 Å². The van der Waals surface area contributed by atoms with E-state index in [0.717, 1.165) is 40.0 Å². The van der Waals surface area contributed by atoms with Crippen molar-refractivity contribution in [2.45, 2.75) is 61.3 Å². The zero-order valence-corrected chi connectivity index (χ0v) is 34.4. The summed E-state index contributed by atoms with van der Waals surface area (Å²) in [5.41, 5.74) is 8.01. The van der Waals surface area contributed by atoms with E-state index in [2.05, 4.69) is 26.0 Å². The third-order valence-electron chi connectivity index (χ3n) is 8.64. The van der Waals surface area contributed by atoms with Crippen LogP contribution in [-0.4, -0.2) is 30.8 Å². The lowest BCUT2D eigenvalue weighted by atomic mass is 9.97. The fraction of sp³-hybridized carbons (Fsp3) is 0.200. The smallest absolute Gasteiger partial charge is 0.343 e. The molecule has 0 saturated carbocycles. The Kier molecular flexibility index (Phi) is 16.3. The molecule has 0 unspecified atom stereocenters. The molecule has 0 heterocycles. The maximum absolute atomic E-state index is 12.9. The van der Waals surface area contributed by atoms with Gasteiger partial charge in [-0.2, -0.15) is 0 Å². The molecule has 298 valence electrons. The molecule has 0 bridgehead atoms. The standard InChI is InChI=1S/C32H30O5.C15H12O3.C3H8/c1-20-15-24(16-21(2)29(20)35-5)19-25-17-22(3)30(23(4)18-25)37-32(34)27-13-11-26(12-14-27)31(33)36-28-9-7-6-8-10-28;1-11(16)12-7-9-13(10-8-12)15(17)18-14-5-3-2-4-6-14;1-3-2/h6-18H,19H2,1-5H3;2-10H,1H3;3H2,1-2H3. The van der Waals surface area contributed by atoms with Crippen molar-refractivity contribution in [3.05, 3.63) is 189 Å². The Morgan fingerprint density at radius 1 is 0.448 bits per heavy atom. The van der Waals surface area contributed by atoms with Crippen LogP contribution in [0.3, 0.4) is 0 Å². The molecule has 6 rings (SSSR count). The highest BCUT2D eigenvalue weighted by Gasteiger charge is 2.16. The number of hydrogen-bond acceptors (Lipinski definition) is 8. The summed E-state index contributed by atoms with van der Waals surface area (Å²) in [4.78, 5) is 48.1. The normalized spacial score (nSPS) is 10.1. The third-order valence-corrected chi connectivity index (χ3v) is 8.64. The molecule has 0 aliphatic heterocycles. The SMILES string of the molecule is CC(=O)c1ccc(C(=O)Oc2ccccc2)cc1.CCC.COc1c(C)cc(Cc2cc(C)c(OC(=O)c3ccc(C(=O)Oc4ccccc4)cc3)c(C)c2)cc1C. The summed E-state index contributed by atoms with van der Waals surface area (Å²) >= 11 is 0. The van der Waals surface area contributed by atoms with Crippen molar-refractivity contribution in [1.82, 2.24) is 0 Å². The highest BCUT2D eigenvalue weighted by molar-refractivity contribution is 5.97. The third kappa shape index (κ3) is 12.6. The molecule has 0 aliphatic rings. The van der Waals surface area contributed by atoms with Gasteiger partial charge in [-0.25, -0.2) is 14.4 Å². The van der Waals surface area contributed by atoms with Crippen molar-refractivity contribution < 1.29 is 38.1 Å². The molecular weight excluding hydrogens is 729 g/mol. The van der Waals surface area contributed by atoms with Gasteiger partial charge in [0.05, 0.1) is 23.8 Å². The molecule has 0 fully saturated rings. The van der Waals surface area contributed by atoms with Crippen molar-refractivity contribution in [1.29, 1.82) is 0 Å². The second-order valence-electron chi connectivity index (χ2n) is 13.7. The van der Waals surface area contributed by atoms with E-state index in [0.29, 0.717) is 39.5 Å². The summed E-state index contributed by atoms with van der Waals surface area (Å²) in [6.07, 6.45) is 2.02. The summed E-state index contributed by atoms with van der Waals surface area (Å²) < 4.78 is 21.8. The van der Waals surface area contributed by atoms with E-state index in [1.165, 1.54) is 18.9 Å². The van der Waals surface area contributed by atoms with Crippen LogP contribution >= 0.6 is 0 Å². The van der Waals surface area contributed by atoms with E-state index in [-0.39, 0.29) is 5.78 Å². The molecule has 0 aliphatic carbocycles. The number of hydrogen-bond donors (Lipinski definition) is 0. The van der Waals surface area contributed by atoms with Crippen LogP contribution in [-0.2, 0) is 6.42 Å². The average molecular weight is 779 g/mol. The van der Waals surface area contributed by atoms with E-state index in [1.807, 2.05) is 52.0 Å². The number of carbonyl (C=O) groups excluding carboxylic acids is 4. The number of ether oxygens (including phenoxy) is 4. The second kappa shape index (κ2) is 21.5. The number of aryl methyl sites for hydroxylation is 4. The molecular formula is C50H50O8. The zero-order chi connectivity index (χ0) is 42.2. The van der Waals surface area contributed by atoms with Crippen LogP contribution in [0.2, 0.25) is 0 Å². The Bertz CT molecular complexity index is 2270. The first-order valence-corrected chi connectivity index (χ1v) is 19.0. The Morgan fingerprint density at radius 2 is 0.759 bits per heavy atom. The minimum Gasteiger partial charge on any atom is -0.496 e. The van der Waals surface area contributed by atoms with Gasteiger partial charge in [0.15, 0.2) is 5.78 Å². The molecule has 6 aromatic carbocycles. The van der Waals surface area contributed by atoms with Gasteiger partial charge in [0.2, 0.25) is 0 Å². The van der Waals surface area contributed by atoms with Crippen LogP contribution in [0.4, 0.5) is 0 Å². The summed E-state index contributed by atoms with van der Waals surface area (Å²) in [7, 11) is 1.69. The van der Waals surface area contributed by atoms with Gasteiger partial charge in [-0.15, -0.1) is 0 Å². The van der Waals surface area contributed by atoms with Gasteiger partial charge < -0.3 is 18.9 Å². The summed E-state index contributed by atoms with van der Waals surface area (Å²) in [5.74, 6) is 0.983. The Hall–Kier alpha value is -6.80. The maximum Gasteiger partial charge on any atom is 0.343 e. The van der Waals surface area contributed by atoms with Crippen LogP contribution < -0.4 is 18.9 Å². The van der Waals surface area contributed by atoms with Gasteiger partial charge in [0.25, 0.3) is 0 Å². The number of ketones is 1. The summed E-state index contributed by atoms with van der Waals surface area (Å²) in [6.45, 7) is 13.7. The monoisotopic (exact) mass is 778 g/mol. The number of para-hydroxylation sites is 2. The summed E-state index contributed by atoms with van der Waals surface area (Å²) in [6, 6.07) is 38.7. The van der Waals surface area contributed by atoms with Crippen molar-refractivity contribution in [2.24, 2.45) is 0 Å². The van der Waals surface area contributed by atoms with E-state index in [4.69, 9.17) is 18.9 Å². The van der Waals surface area contributed by atoms with Gasteiger partial charge in [0.1, 0.15) is 23.0 Å². The molecule has 6 aromatic rings.